The van der Waals surface area contributed by atoms with Gasteiger partial charge in [0.25, 0.3) is 10.0 Å². The summed E-state index contributed by atoms with van der Waals surface area (Å²) in [4.78, 5) is 0.203. The van der Waals surface area contributed by atoms with Gasteiger partial charge in [0, 0.05) is 17.1 Å². The summed E-state index contributed by atoms with van der Waals surface area (Å²) in [6.45, 7) is 0.607. The second kappa shape index (κ2) is 14.2. The van der Waals surface area contributed by atoms with Crippen LogP contribution in [0.2, 0.25) is 0 Å². The molecule has 0 saturated carbocycles. The van der Waals surface area contributed by atoms with E-state index in [1.165, 1.54) is 3.97 Å². The Morgan fingerprint density at radius 3 is 2.31 bits per heavy atom. The number of ether oxygens (including phenoxy) is 6. The van der Waals surface area contributed by atoms with Crippen molar-refractivity contribution in [1.29, 1.82) is 0 Å². The number of aliphatic hydroxyl groups excluding tert-OH is 1. The SMILES string of the molecule is COc1ccc(C2OC[C@H]3O[C@@H](OCCc4cn(S(=O)(=O)c5ccccc5)c5ccccc45)[C@H](O)[C@@H](OCc4ccccc4)[C@@H]3O2)cc1. The zero-order chi connectivity index (χ0) is 33.1. The third-order valence-corrected chi connectivity index (χ3v) is 10.4. The number of methoxy groups -OCH3 is 1. The van der Waals surface area contributed by atoms with E-state index in [0.717, 1.165) is 27.8 Å². The van der Waals surface area contributed by atoms with Gasteiger partial charge >= 0.3 is 0 Å². The van der Waals surface area contributed by atoms with Crippen LogP contribution in [0, 0.1) is 0 Å². The van der Waals surface area contributed by atoms with Gasteiger partial charge < -0.3 is 33.5 Å². The van der Waals surface area contributed by atoms with Gasteiger partial charge in [0.15, 0.2) is 12.6 Å². The van der Waals surface area contributed by atoms with E-state index in [4.69, 9.17) is 28.4 Å². The Kier molecular flexibility index (Phi) is 9.60. The lowest BCUT2D eigenvalue weighted by atomic mass is 9.97. The second-order valence-electron chi connectivity index (χ2n) is 11.7. The Labute approximate surface area is 279 Å². The Hall–Kier alpha value is -4.07. The van der Waals surface area contributed by atoms with Crippen molar-refractivity contribution in [3.8, 4) is 5.75 Å². The minimum Gasteiger partial charge on any atom is -0.497 e. The average molecular weight is 672 g/mol. The van der Waals surface area contributed by atoms with Crippen LogP contribution < -0.4 is 4.74 Å². The first-order valence-electron chi connectivity index (χ1n) is 15.8. The van der Waals surface area contributed by atoms with Crippen molar-refractivity contribution in [2.24, 2.45) is 0 Å². The molecule has 7 rings (SSSR count). The van der Waals surface area contributed by atoms with E-state index in [1.807, 2.05) is 72.8 Å². The summed E-state index contributed by atoms with van der Waals surface area (Å²) in [5.41, 5.74) is 3.12. The smallest absolute Gasteiger partial charge is 0.268 e. The summed E-state index contributed by atoms with van der Waals surface area (Å²) < 4.78 is 64.8. The maximum absolute atomic E-state index is 13.5. The molecule has 4 aromatic carbocycles. The van der Waals surface area contributed by atoms with E-state index in [1.54, 1.807) is 49.7 Å². The highest BCUT2D eigenvalue weighted by Crippen LogP contribution is 2.36. The fourth-order valence-corrected chi connectivity index (χ4v) is 7.61. The lowest BCUT2D eigenvalue weighted by molar-refractivity contribution is -0.366. The van der Waals surface area contributed by atoms with Crippen LogP contribution in [0.1, 0.15) is 23.0 Å². The van der Waals surface area contributed by atoms with Crippen LogP contribution in [-0.2, 0) is 46.7 Å². The molecule has 0 amide bonds. The van der Waals surface area contributed by atoms with E-state index in [2.05, 4.69) is 0 Å². The van der Waals surface area contributed by atoms with Crippen LogP contribution in [0.4, 0.5) is 0 Å². The van der Waals surface area contributed by atoms with E-state index in [0.29, 0.717) is 11.9 Å². The quantitative estimate of drug-likeness (QED) is 0.202. The first-order chi connectivity index (χ1) is 23.4. The van der Waals surface area contributed by atoms with Gasteiger partial charge in [0.1, 0.15) is 30.2 Å². The number of fused-ring (bicyclic) bond motifs is 2. The number of aliphatic hydroxyl groups is 1. The van der Waals surface area contributed by atoms with Crippen molar-refractivity contribution >= 4 is 20.9 Å². The predicted octanol–water partition coefficient (Wildman–Crippen LogP) is 5.23. The predicted molar refractivity (Wildman–Crippen MR) is 177 cm³/mol. The summed E-state index contributed by atoms with van der Waals surface area (Å²) in [5, 5.41) is 12.4. The number of hydrogen-bond donors (Lipinski definition) is 1. The first-order valence-corrected chi connectivity index (χ1v) is 17.3. The molecule has 48 heavy (non-hydrogen) atoms. The lowest BCUT2D eigenvalue weighted by Gasteiger charge is -2.47. The van der Waals surface area contributed by atoms with E-state index >= 15 is 0 Å². The summed E-state index contributed by atoms with van der Waals surface area (Å²) in [6.07, 6.45) is -2.85. The van der Waals surface area contributed by atoms with Crippen molar-refractivity contribution in [3.63, 3.8) is 0 Å². The number of aromatic nitrogens is 1. The largest absolute Gasteiger partial charge is 0.497 e. The number of rotatable bonds is 11. The number of nitrogens with zero attached hydrogens (tertiary/aromatic N) is 1. The molecule has 0 bridgehead atoms. The molecule has 2 aliphatic rings. The fourth-order valence-electron chi connectivity index (χ4n) is 6.20. The molecule has 3 heterocycles. The molecule has 5 aromatic rings. The zero-order valence-corrected chi connectivity index (χ0v) is 27.1. The molecule has 11 heteroatoms. The second-order valence-corrected chi connectivity index (χ2v) is 13.6. The van der Waals surface area contributed by atoms with Gasteiger partial charge in [-0.25, -0.2) is 12.4 Å². The summed E-state index contributed by atoms with van der Waals surface area (Å²) in [7, 11) is -2.21. The molecule has 6 atom stereocenters. The van der Waals surface area contributed by atoms with Gasteiger partial charge in [-0.2, -0.15) is 0 Å². The summed E-state index contributed by atoms with van der Waals surface area (Å²) >= 11 is 0. The number of para-hydroxylation sites is 1. The molecule has 250 valence electrons. The Morgan fingerprint density at radius 1 is 0.854 bits per heavy atom. The Morgan fingerprint density at radius 2 is 1.56 bits per heavy atom. The van der Waals surface area contributed by atoms with Crippen LogP contribution in [0.5, 0.6) is 5.75 Å². The lowest BCUT2D eigenvalue weighted by Crippen LogP contribution is -2.63. The van der Waals surface area contributed by atoms with Crippen molar-refractivity contribution in [1.82, 2.24) is 3.97 Å². The number of benzene rings is 4. The zero-order valence-electron chi connectivity index (χ0n) is 26.3. The van der Waals surface area contributed by atoms with Gasteiger partial charge in [-0.05, 0) is 47.9 Å². The molecule has 2 fully saturated rings. The number of hydrogen-bond acceptors (Lipinski definition) is 9. The van der Waals surface area contributed by atoms with Gasteiger partial charge in [0.05, 0.1) is 37.3 Å². The molecule has 10 nitrogen and oxygen atoms in total. The Balaban J connectivity index is 1.08. The van der Waals surface area contributed by atoms with Crippen LogP contribution in [0.3, 0.4) is 0 Å². The van der Waals surface area contributed by atoms with Gasteiger partial charge in [0.2, 0.25) is 0 Å². The third kappa shape index (κ3) is 6.63. The van der Waals surface area contributed by atoms with Gasteiger partial charge in [-0.15, -0.1) is 0 Å². The molecular weight excluding hydrogens is 634 g/mol. The molecule has 2 aliphatic heterocycles. The molecule has 0 radical (unpaired) electrons. The summed E-state index contributed by atoms with van der Waals surface area (Å²) in [6, 6.07) is 32.8. The van der Waals surface area contributed by atoms with Crippen LogP contribution in [0.25, 0.3) is 10.9 Å². The van der Waals surface area contributed by atoms with E-state index in [-0.39, 0.29) is 24.7 Å². The molecule has 2 saturated heterocycles. The maximum Gasteiger partial charge on any atom is 0.268 e. The topological polar surface area (TPSA) is 115 Å². The molecule has 1 aromatic heterocycles. The van der Waals surface area contributed by atoms with Gasteiger partial charge in [-0.1, -0.05) is 78.9 Å². The van der Waals surface area contributed by atoms with Crippen LogP contribution in [0.15, 0.2) is 120 Å². The first kappa shape index (κ1) is 32.5. The maximum atomic E-state index is 13.5. The molecule has 1 unspecified atom stereocenters. The highest BCUT2D eigenvalue weighted by molar-refractivity contribution is 7.90. The minimum absolute atomic E-state index is 0.153. The highest BCUT2D eigenvalue weighted by atomic mass is 32.2. The van der Waals surface area contributed by atoms with Gasteiger partial charge in [-0.3, -0.25) is 0 Å². The van der Waals surface area contributed by atoms with Crippen molar-refractivity contribution in [2.75, 3.05) is 20.3 Å². The molecule has 0 aliphatic carbocycles. The average Bonchev–Trinajstić information content (AvgIpc) is 3.51. The van der Waals surface area contributed by atoms with Crippen LogP contribution >= 0.6 is 0 Å². The van der Waals surface area contributed by atoms with Crippen molar-refractivity contribution in [2.45, 2.75) is 54.9 Å². The highest BCUT2D eigenvalue weighted by Gasteiger charge is 2.50. The van der Waals surface area contributed by atoms with Crippen molar-refractivity contribution in [3.05, 3.63) is 132 Å². The molecule has 1 N–H and O–H groups in total. The third-order valence-electron chi connectivity index (χ3n) is 8.69. The standard InChI is InChI=1S/C37H37NO9S/c1-42-28-18-16-26(17-19-28)36-45-24-32-34(47-36)35(44-23-25-10-4-2-5-11-25)33(39)37(46-32)43-21-20-27-22-38(31-15-9-8-14-30(27)31)48(40,41)29-12-6-3-7-13-29/h2-19,22,32-37,39H,20-21,23-24H2,1H3/t32-,33-,34-,35-,36?,37-/m1/s1. The van der Waals surface area contributed by atoms with Crippen molar-refractivity contribution < 1.29 is 41.9 Å². The summed E-state index contributed by atoms with van der Waals surface area (Å²) in [5.74, 6) is 0.718. The molecular formula is C37H37NO9S. The molecule has 0 spiro atoms. The van der Waals surface area contributed by atoms with E-state index < -0.39 is 47.0 Å². The normalized spacial score (nSPS) is 24.3. The van der Waals surface area contributed by atoms with Crippen LogP contribution in [-0.4, -0.2) is 68.5 Å². The van der Waals surface area contributed by atoms with E-state index in [9.17, 15) is 13.5 Å². The monoisotopic (exact) mass is 671 g/mol. The minimum atomic E-state index is -3.82. The Bertz CT molecular complexity index is 1920. The fraction of sp³-hybridized carbons (Fsp3) is 0.297.